The largest absolute Gasteiger partial charge is 0.495 e. The molecule has 0 radical (unpaired) electrons. The molecule has 92 valence electrons. The lowest BCUT2D eigenvalue weighted by Crippen LogP contribution is -2.56. The fourth-order valence-electron chi connectivity index (χ4n) is 1.81. The van der Waals surface area contributed by atoms with Gasteiger partial charge >= 0.3 is 0 Å². The zero-order valence-electron chi connectivity index (χ0n) is 9.63. The van der Waals surface area contributed by atoms with Gasteiger partial charge in [-0.25, -0.2) is 0 Å². The number of benzene rings is 1. The van der Waals surface area contributed by atoms with Crippen molar-refractivity contribution in [1.29, 1.82) is 0 Å². The summed E-state index contributed by atoms with van der Waals surface area (Å²) in [6, 6.07) is 5.07. The maximum absolute atomic E-state index is 12.0. The van der Waals surface area contributed by atoms with Crippen molar-refractivity contribution in [2.45, 2.75) is 24.8 Å². The molecule has 0 spiro atoms. The van der Waals surface area contributed by atoms with E-state index in [0.29, 0.717) is 16.5 Å². The minimum Gasteiger partial charge on any atom is -0.495 e. The number of halogens is 1. The Morgan fingerprint density at radius 1 is 1.53 bits per heavy atom. The van der Waals surface area contributed by atoms with Crippen LogP contribution in [0.1, 0.15) is 19.3 Å². The number of rotatable bonds is 3. The summed E-state index contributed by atoms with van der Waals surface area (Å²) in [6.45, 7) is 0. The minimum absolute atomic E-state index is 0.177. The molecule has 1 aliphatic carbocycles. The van der Waals surface area contributed by atoms with Gasteiger partial charge in [-0.05, 0) is 37.5 Å². The number of anilines is 1. The molecule has 0 heterocycles. The van der Waals surface area contributed by atoms with Gasteiger partial charge in [0.1, 0.15) is 5.75 Å². The zero-order chi connectivity index (χ0) is 12.5. The van der Waals surface area contributed by atoms with Crippen molar-refractivity contribution >= 4 is 23.2 Å². The molecule has 0 atom stereocenters. The highest BCUT2D eigenvalue weighted by molar-refractivity contribution is 6.31. The van der Waals surface area contributed by atoms with E-state index >= 15 is 0 Å². The molecule has 1 fully saturated rings. The van der Waals surface area contributed by atoms with Crippen molar-refractivity contribution in [2.75, 3.05) is 12.4 Å². The van der Waals surface area contributed by atoms with Gasteiger partial charge < -0.3 is 15.8 Å². The summed E-state index contributed by atoms with van der Waals surface area (Å²) >= 11 is 5.88. The summed E-state index contributed by atoms with van der Waals surface area (Å²) in [5.41, 5.74) is 5.77. The molecule has 3 N–H and O–H groups in total. The van der Waals surface area contributed by atoms with Gasteiger partial charge in [-0.2, -0.15) is 0 Å². The maximum Gasteiger partial charge on any atom is 0.244 e. The monoisotopic (exact) mass is 254 g/mol. The van der Waals surface area contributed by atoms with Crippen LogP contribution in [0.25, 0.3) is 0 Å². The van der Waals surface area contributed by atoms with Crippen LogP contribution in [0.2, 0.25) is 5.02 Å². The molecule has 1 aromatic rings. The SMILES string of the molecule is COc1ccc(Cl)cc1NC(=O)C1(N)CCC1. The van der Waals surface area contributed by atoms with Crippen molar-refractivity contribution in [3.63, 3.8) is 0 Å². The Balaban J connectivity index is 2.17. The summed E-state index contributed by atoms with van der Waals surface area (Å²) in [5, 5.41) is 3.31. The average molecular weight is 255 g/mol. The highest BCUT2D eigenvalue weighted by Crippen LogP contribution is 2.33. The van der Waals surface area contributed by atoms with Crippen LogP contribution in [-0.2, 0) is 4.79 Å². The molecule has 1 saturated carbocycles. The van der Waals surface area contributed by atoms with Gasteiger partial charge in [0.2, 0.25) is 5.91 Å². The lowest BCUT2D eigenvalue weighted by Gasteiger charge is -2.36. The Morgan fingerprint density at radius 3 is 2.76 bits per heavy atom. The van der Waals surface area contributed by atoms with Crippen LogP contribution in [0.15, 0.2) is 18.2 Å². The van der Waals surface area contributed by atoms with Crippen LogP contribution in [0.4, 0.5) is 5.69 Å². The van der Waals surface area contributed by atoms with Crippen molar-refractivity contribution in [2.24, 2.45) is 5.73 Å². The van der Waals surface area contributed by atoms with E-state index in [1.165, 1.54) is 0 Å². The van der Waals surface area contributed by atoms with E-state index in [9.17, 15) is 4.79 Å². The van der Waals surface area contributed by atoms with Gasteiger partial charge in [0.05, 0.1) is 18.3 Å². The number of methoxy groups -OCH3 is 1. The summed E-state index contributed by atoms with van der Waals surface area (Å²) < 4.78 is 5.15. The number of nitrogens with two attached hydrogens (primary N) is 1. The molecule has 0 aliphatic heterocycles. The molecular weight excluding hydrogens is 240 g/mol. The van der Waals surface area contributed by atoms with Gasteiger partial charge in [-0.15, -0.1) is 0 Å². The topological polar surface area (TPSA) is 64.3 Å². The van der Waals surface area contributed by atoms with Gasteiger partial charge in [0.15, 0.2) is 0 Å². The van der Waals surface area contributed by atoms with Crippen molar-refractivity contribution in [1.82, 2.24) is 0 Å². The Labute approximate surface area is 105 Å². The van der Waals surface area contributed by atoms with Crippen LogP contribution in [0, 0.1) is 0 Å². The number of amides is 1. The maximum atomic E-state index is 12.0. The lowest BCUT2D eigenvalue weighted by atomic mass is 9.77. The highest BCUT2D eigenvalue weighted by Gasteiger charge is 2.40. The molecule has 0 aromatic heterocycles. The van der Waals surface area contributed by atoms with Crippen LogP contribution in [0.5, 0.6) is 5.75 Å². The number of nitrogens with one attached hydrogen (secondary N) is 1. The first-order valence-electron chi connectivity index (χ1n) is 5.49. The van der Waals surface area contributed by atoms with Crippen LogP contribution in [0.3, 0.4) is 0 Å². The molecule has 17 heavy (non-hydrogen) atoms. The first kappa shape index (κ1) is 12.2. The van der Waals surface area contributed by atoms with Crippen LogP contribution >= 0.6 is 11.6 Å². The Kier molecular flexibility index (Phi) is 3.26. The molecule has 2 rings (SSSR count). The van der Waals surface area contributed by atoms with Gasteiger partial charge in [-0.1, -0.05) is 11.6 Å². The van der Waals surface area contributed by atoms with E-state index in [2.05, 4.69) is 5.32 Å². The van der Waals surface area contributed by atoms with Gasteiger partial charge in [0, 0.05) is 5.02 Å². The first-order valence-corrected chi connectivity index (χ1v) is 5.87. The van der Waals surface area contributed by atoms with Crippen molar-refractivity contribution in [3.8, 4) is 5.75 Å². The van der Waals surface area contributed by atoms with Crippen molar-refractivity contribution in [3.05, 3.63) is 23.2 Å². The molecule has 1 aliphatic rings. The molecule has 5 heteroatoms. The van der Waals surface area contributed by atoms with Crippen molar-refractivity contribution < 1.29 is 9.53 Å². The molecular formula is C12H15ClN2O2. The molecule has 1 amide bonds. The fourth-order valence-corrected chi connectivity index (χ4v) is 1.98. The quantitative estimate of drug-likeness (QED) is 0.869. The normalized spacial score (nSPS) is 17.1. The lowest BCUT2D eigenvalue weighted by molar-refractivity contribution is -0.123. The first-order chi connectivity index (χ1) is 8.05. The third-order valence-electron chi connectivity index (χ3n) is 3.11. The van der Waals surface area contributed by atoms with E-state index in [1.54, 1.807) is 25.3 Å². The minimum atomic E-state index is -0.729. The standard InChI is InChI=1S/C12H15ClN2O2/c1-17-10-4-3-8(13)7-9(10)15-11(16)12(14)5-2-6-12/h3-4,7H,2,5-6,14H2,1H3,(H,15,16). The second-order valence-corrected chi connectivity index (χ2v) is 4.74. The smallest absolute Gasteiger partial charge is 0.244 e. The summed E-state index contributed by atoms with van der Waals surface area (Å²) in [4.78, 5) is 12.0. The van der Waals surface area contributed by atoms with Gasteiger partial charge in [-0.3, -0.25) is 4.79 Å². The highest BCUT2D eigenvalue weighted by atomic mass is 35.5. The second-order valence-electron chi connectivity index (χ2n) is 4.31. The average Bonchev–Trinajstić information content (AvgIpc) is 2.26. The summed E-state index contributed by atoms with van der Waals surface area (Å²) in [5.74, 6) is 0.398. The van der Waals surface area contributed by atoms with E-state index in [1.807, 2.05) is 0 Å². The van der Waals surface area contributed by atoms with E-state index in [0.717, 1.165) is 19.3 Å². The van der Waals surface area contributed by atoms with E-state index < -0.39 is 5.54 Å². The fraction of sp³-hybridized carbons (Fsp3) is 0.417. The number of carbonyl (C=O) groups is 1. The van der Waals surface area contributed by atoms with E-state index in [4.69, 9.17) is 22.1 Å². The van der Waals surface area contributed by atoms with Crippen LogP contribution < -0.4 is 15.8 Å². The number of hydrogen-bond acceptors (Lipinski definition) is 3. The summed E-state index contributed by atoms with van der Waals surface area (Å²) in [6.07, 6.45) is 2.44. The number of carbonyl (C=O) groups excluding carboxylic acids is 1. The predicted molar refractivity (Wildman–Crippen MR) is 67.4 cm³/mol. The number of ether oxygens (including phenoxy) is 1. The predicted octanol–water partition coefficient (Wildman–Crippen LogP) is 2.17. The third-order valence-corrected chi connectivity index (χ3v) is 3.34. The van der Waals surface area contributed by atoms with Gasteiger partial charge in [0.25, 0.3) is 0 Å². The Hall–Kier alpha value is -1.26. The molecule has 0 bridgehead atoms. The molecule has 0 saturated heterocycles. The molecule has 4 nitrogen and oxygen atoms in total. The molecule has 0 unspecified atom stereocenters. The summed E-state index contributed by atoms with van der Waals surface area (Å²) in [7, 11) is 1.54. The second kappa shape index (κ2) is 4.55. The van der Waals surface area contributed by atoms with Crippen LogP contribution in [-0.4, -0.2) is 18.6 Å². The zero-order valence-corrected chi connectivity index (χ0v) is 10.4. The third kappa shape index (κ3) is 2.37. The van der Waals surface area contributed by atoms with E-state index in [-0.39, 0.29) is 5.91 Å². The number of hydrogen-bond donors (Lipinski definition) is 2. The Morgan fingerprint density at radius 2 is 2.24 bits per heavy atom. The Bertz CT molecular complexity index is 444. The molecule has 1 aromatic carbocycles.